The molecule has 1 atom stereocenters. The van der Waals surface area contributed by atoms with E-state index in [1.54, 1.807) is 19.2 Å². The molecule has 0 N–H and O–H groups in total. The van der Waals surface area contributed by atoms with Crippen molar-refractivity contribution in [2.75, 3.05) is 7.11 Å². The molecule has 0 radical (unpaired) electrons. The molecule has 1 rings (SSSR count). The molecule has 90 valence electrons. The third-order valence-corrected chi connectivity index (χ3v) is 3.48. The van der Waals surface area contributed by atoms with Crippen LogP contribution >= 0.6 is 15.9 Å². The van der Waals surface area contributed by atoms with Crippen LogP contribution in [0.5, 0.6) is 5.75 Å². The van der Waals surface area contributed by atoms with Crippen LogP contribution in [0.15, 0.2) is 18.2 Å². The molecule has 0 heterocycles. The molecule has 0 aliphatic rings. The van der Waals surface area contributed by atoms with Gasteiger partial charge in [0.1, 0.15) is 11.6 Å². The first-order valence-corrected chi connectivity index (χ1v) is 6.43. The van der Waals surface area contributed by atoms with Crippen molar-refractivity contribution >= 4 is 15.9 Å². The van der Waals surface area contributed by atoms with E-state index >= 15 is 0 Å². The van der Waals surface area contributed by atoms with Crippen LogP contribution in [0.25, 0.3) is 0 Å². The highest BCUT2D eigenvalue weighted by atomic mass is 79.9. The highest BCUT2D eigenvalue weighted by Gasteiger charge is 2.14. The van der Waals surface area contributed by atoms with E-state index in [1.807, 2.05) is 0 Å². The van der Waals surface area contributed by atoms with E-state index in [2.05, 4.69) is 29.8 Å². The van der Waals surface area contributed by atoms with Gasteiger partial charge in [-0.1, -0.05) is 29.8 Å². The monoisotopic (exact) mass is 288 g/mol. The second kappa shape index (κ2) is 6.24. The van der Waals surface area contributed by atoms with Crippen LogP contribution < -0.4 is 4.74 Å². The van der Waals surface area contributed by atoms with Crippen LogP contribution in [0.2, 0.25) is 0 Å². The van der Waals surface area contributed by atoms with Gasteiger partial charge in [0.05, 0.1) is 7.11 Å². The zero-order valence-electron chi connectivity index (χ0n) is 9.97. The fourth-order valence-corrected chi connectivity index (χ4v) is 2.21. The largest absolute Gasteiger partial charge is 0.496 e. The fraction of sp³-hybridized carbons (Fsp3) is 0.538. The summed E-state index contributed by atoms with van der Waals surface area (Å²) < 4.78 is 18.4. The first kappa shape index (κ1) is 13.5. The Morgan fingerprint density at radius 3 is 2.56 bits per heavy atom. The third-order valence-electron chi connectivity index (χ3n) is 2.53. The van der Waals surface area contributed by atoms with Gasteiger partial charge in [-0.2, -0.15) is 0 Å². The van der Waals surface area contributed by atoms with E-state index in [0.29, 0.717) is 5.92 Å². The van der Waals surface area contributed by atoms with Crippen LogP contribution in [0.1, 0.15) is 37.1 Å². The Balaban J connectivity index is 2.80. The number of methoxy groups -OCH3 is 1. The van der Waals surface area contributed by atoms with Gasteiger partial charge in [-0.3, -0.25) is 0 Å². The van der Waals surface area contributed by atoms with Gasteiger partial charge < -0.3 is 4.74 Å². The Kier molecular flexibility index (Phi) is 5.26. The summed E-state index contributed by atoms with van der Waals surface area (Å²) in [6, 6.07) is 4.64. The summed E-state index contributed by atoms with van der Waals surface area (Å²) in [7, 11) is 1.61. The molecule has 0 spiro atoms. The first-order valence-electron chi connectivity index (χ1n) is 5.52. The molecule has 0 saturated heterocycles. The van der Waals surface area contributed by atoms with Crippen molar-refractivity contribution in [2.45, 2.75) is 31.5 Å². The molecule has 1 nitrogen and oxygen atoms in total. The van der Waals surface area contributed by atoms with Gasteiger partial charge in [0.25, 0.3) is 0 Å². The van der Waals surface area contributed by atoms with Crippen molar-refractivity contribution in [1.29, 1.82) is 0 Å². The quantitative estimate of drug-likeness (QED) is 0.713. The lowest BCUT2D eigenvalue weighted by Crippen LogP contribution is -1.98. The summed E-state index contributed by atoms with van der Waals surface area (Å²) in [6.45, 7) is 4.37. The zero-order chi connectivity index (χ0) is 12.1. The molecule has 1 aromatic carbocycles. The number of alkyl halides is 1. The predicted octanol–water partition coefficient (Wildman–Crippen LogP) is 4.71. The SMILES string of the molecule is COc1ccc(F)cc1C(Br)CCC(C)C. The third kappa shape index (κ3) is 3.78. The smallest absolute Gasteiger partial charge is 0.123 e. The lowest BCUT2D eigenvalue weighted by molar-refractivity contribution is 0.406. The van der Waals surface area contributed by atoms with Gasteiger partial charge in [-0.25, -0.2) is 4.39 Å². The molecular weight excluding hydrogens is 271 g/mol. The minimum Gasteiger partial charge on any atom is -0.496 e. The van der Waals surface area contributed by atoms with Gasteiger partial charge in [0.2, 0.25) is 0 Å². The van der Waals surface area contributed by atoms with Crippen molar-refractivity contribution in [2.24, 2.45) is 5.92 Å². The molecule has 0 aliphatic heterocycles. The summed E-state index contributed by atoms with van der Waals surface area (Å²) in [4.78, 5) is 0.153. The van der Waals surface area contributed by atoms with Crippen LogP contribution in [0.3, 0.4) is 0 Å². The zero-order valence-corrected chi connectivity index (χ0v) is 11.6. The number of hydrogen-bond donors (Lipinski definition) is 0. The number of ether oxygens (including phenoxy) is 1. The Bertz CT molecular complexity index is 339. The molecule has 0 saturated carbocycles. The molecule has 3 heteroatoms. The molecule has 0 amide bonds. The second-order valence-electron chi connectivity index (χ2n) is 4.33. The Hall–Kier alpha value is -0.570. The lowest BCUT2D eigenvalue weighted by atomic mass is 10.0. The summed E-state index contributed by atoms with van der Waals surface area (Å²) in [5, 5.41) is 0. The minimum atomic E-state index is -0.218. The van der Waals surface area contributed by atoms with E-state index in [9.17, 15) is 4.39 Å². The van der Waals surface area contributed by atoms with E-state index in [-0.39, 0.29) is 10.6 Å². The number of hydrogen-bond acceptors (Lipinski definition) is 1. The van der Waals surface area contributed by atoms with Crippen molar-refractivity contribution in [3.05, 3.63) is 29.6 Å². The Labute approximate surface area is 105 Å². The molecule has 1 aromatic rings. The van der Waals surface area contributed by atoms with E-state index in [1.165, 1.54) is 6.07 Å². The molecular formula is C13H18BrFO. The maximum absolute atomic E-state index is 13.2. The van der Waals surface area contributed by atoms with Gasteiger partial charge in [0, 0.05) is 10.4 Å². The van der Waals surface area contributed by atoms with Crippen LogP contribution in [0, 0.1) is 11.7 Å². The second-order valence-corrected chi connectivity index (χ2v) is 5.43. The highest BCUT2D eigenvalue weighted by molar-refractivity contribution is 9.09. The molecule has 0 aromatic heterocycles. The summed E-state index contributed by atoms with van der Waals surface area (Å²) >= 11 is 3.59. The predicted molar refractivity (Wildman–Crippen MR) is 68.7 cm³/mol. The summed E-state index contributed by atoms with van der Waals surface area (Å²) in [5.74, 6) is 1.18. The average molecular weight is 289 g/mol. The van der Waals surface area contributed by atoms with Crippen molar-refractivity contribution < 1.29 is 9.13 Å². The van der Waals surface area contributed by atoms with E-state index < -0.39 is 0 Å². The molecule has 0 fully saturated rings. The number of rotatable bonds is 5. The normalized spacial score (nSPS) is 12.9. The molecule has 16 heavy (non-hydrogen) atoms. The Morgan fingerprint density at radius 2 is 2.00 bits per heavy atom. The summed E-state index contributed by atoms with van der Waals surface area (Å²) in [5.41, 5.74) is 0.892. The van der Waals surface area contributed by atoms with E-state index in [4.69, 9.17) is 4.74 Å². The van der Waals surface area contributed by atoms with Gasteiger partial charge in [-0.15, -0.1) is 0 Å². The number of halogens is 2. The highest BCUT2D eigenvalue weighted by Crippen LogP contribution is 2.35. The van der Waals surface area contributed by atoms with Gasteiger partial charge in [0.15, 0.2) is 0 Å². The van der Waals surface area contributed by atoms with Crippen molar-refractivity contribution in [3.63, 3.8) is 0 Å². The topological polar surface area (TPSA) is 9.23 Å². The van der Waals surface area contributed by atoms with E-state index in [0.717, 1.165) is 24.2 Å². The van der Waals surface area contributed by atoms with Crippen LogP contribution in [-0.2, 0) is 0 Å². The molecule has 0 aliphatic carbocycles. The molecule has 1 unspecified atom stereocenters. The molecule has 0 bridgehead atoms. The standard InChI is InChI=1S/C13H18BrFO/c1-9(2)4-6-12(14)11-8-10(15)5-7-13(11)16-3/h5,7-9,12H,4,6H2,1-3H3. The average Bonchev–Trinajstić information content (AvgIpc) is 2.25. The van der Waals surface area contributed by atoms with Crippen molar-refractivity contribution in [1.82, 2.24) is 0 Å². The van der Waals surface area contributed by atoms with Crippen LogP contribution in [-0.4, -0.2) is 7.11 Å². The maximum Gasteiger partial charge on any atom is 0.123 e. The Morgan fingerprint density at radius 1 is 1.31 bits per heavy atom. The first-order chi connectivity index (χ1) is 7.54. The summed E-state index contributed by atoms with van der Waals surface area (Å²) in [6.07, 6.45) is 2.09. The van der Waals surface area contributed by atoms with Crippen molar-refractivity contribution in [3.8, 4) is 5.75 Å². The number of benzene rings is 1. The maximum atomic E-state index is 13.2. The van der Waals surface area contributed by atoms with Crippen LogP contribution in [0.4, 0.5) is 4.39 Å². The van der Waals surface area contributed by atoms with Gasteiger partial charge >= 0.3 is 0 Å². The lowest BCUT2D eigenvalue weighted by Gasteiger charge is -2.15. The minimum absolute atomic E-state index is 0.153. The van der Waals surface area contributed by atoms with Gasteiger partial charge in [-0.05, 0) is 37.0 Å². The fourth-order valence-electron chi connectivity index (χ4n) is 1.59.